The summed E-state index contributed by atoms with van der Waals surface area (Å²) in [6.07, 6.45) is 0.740. The van der Waals surface area contributed by atoms with Crippen LogP contribution >= 0.6 is 0 Å². The van der Waals surface area contributed by atoms with E-state index < -0.39 is 11.7 Å². The van der Waals surface area contributed by atoms with Crippen molar-refractivity contribution in [2.45, 2.75) is 19.2 Å². The Morgan fingerprint density at radius 2 is 1.81 bits per heavy atom. The SMILES string of the molecule is O=C1c2cn(-c3cccnc3)nc2CCN1C/C(=N/OCc1ccccc1)c1ccccc1C(F)(F)F. The molecule has 1 amide bonds. The summed E-state index contributed by atoms with van der Waals surface area (Å²) in [6, 6.07) is 17.9. The van der Waals surface area contributed by atoms with Gasteiger partial charge >= 0.3 is 6.18 Å². The fraction of sp³-hybridized carbons (Fsp3) is 0.185. The minimum absolute atomic E-state index is 0.0142. The quantitative estimate of drug-likeness (QED) is 0.265. The molecule has 1 aliphatic rings. The highest BCUT2D eigenvalue weighted by molar-refractivity contribution is 6.06. The molecule has 10 heteroatoms. The highest BCUT2D eigenvalue weighted by Gasteiger charge is 2.36. The molecule has 0 aliphatic carbocycles. The molecular weight excluding hydrogens is 483 g/mol. The van der Waals surface area contributed by atoms with Crippen LogP contribution in [-0.4, -0.2) is 44.4 Å². The second kappa shape index (κ2) is 10.3. The zero-order valence-electron chi connectivity index (χ0n) is 19.6. The fourth-order valence-corrected chi connectivity index (χ4v) is 4.14. The first-order valence-electron chi connectivity index (χ1n) is 11.6. The van der Waals surface area contributed by atoms with E-state index in [2.05, 4.69) is 15.2 Å². The molecule has 7 nitrogen and oxygen atoms in total. The smallest absolute Gasteiger partial charge is 0.391 e. The Kier molecular flexibility index (Phi) is 6.72. The van der Waals surface area contributed by atoms with Crippen molar-refractivity contribution >= 4 is 11.6 Å². The predicted molar refractivity (Wildman–Crippen MR) is 130 cm³/mol. The molecule has 0 spiro atoms. The zero-order valence-corrected chi connectivity index (χ0v) is 19.6. The molecule has 0 saturated heterocycles. The molecule has 2 aromatic heterocycles. The number of rotatable bonds is 7. The van der Waals surface area contributed by atoms with Gasteiger partial charge in [-0.15, -0.1) is 0 Å². The number of oxime groups is 1. The van der Waals surface area contributed by atoms with Crippen molar-refractivity contribution in [1.82, 2.24) is 19.7 Å². The third-order valence-electron chi connectivity index (χ3n) is 5.97. The summed E-state index contributed by atoms with van der Waals surface area (Å²) < 4.78 is 43.0. The number of alkyl halides is 3. The molecule has 1 aliphatic heterocycles. The number of carbonyl (C=O) groups excluding carboxylic acids is 1. The molecule has 0 N–H and O–H groups in total. The van der Waals surface area contributed by atoms with Crippen LogP contribution in [0.1, 0.15) is 32.7 Å². The van der Waals surface area contributed by atoms with Crippen LogP contribution in [0.15, 0.2) is 90.5 Å². The molecule has 4 aromatic rings. The van der Waals surface area contributed by atoms with Crippen molar-refractivity contribution in [3.8, 4) is 5.69 Å². The minimum Gasteiger partial charge on any atom is -0.391 e. The van der Waals surface area contributed by atoms with Crippen molar-refractivity contribution in [2.24, 2.45) is 5.16 Å². The maximum Gasteiger partial charge on any atom is 0.417 e. The van der Waals surface area contributed by atoms with Crippen LogP contribution in [-0.2, 0) is 24.0 Å². The van der Waals surface area contributed by atoms with Gasteiger partial charge in [-0.05, 0) is 23.8 Å². The molecule has 0 radical (unpaired) electrons. The maximum atomic E-state index is 13.8. The average molecular weight is 506 g/mol. The van der Waals surface area contributed by atoms with E-state index in [0.29, 0.717) is 23.4 Å². The van der Waals surface area contributed by atoms with Gasteiger partial charge < -0.3 is 9.74 Å². The zero-order chi connectivity index (χ0) is 25.8. The van der Waals surface area contributed by atoms with E-state index in [-0.39, 0.29) is 36.9 Å². The highest BCUT2D eigenvalue weighted by atomic mass is 19.4. The third kappa shape index (κ3) is 5.37. The molecule has 2 aromatic carbocycles. The summed E-state index contributed by atoms with van der Waals surface area (Å²) in [4.78, 5) is 24.4. The van der Waals surface area contributed by atoms with E-state index in [9.17, 15) is 18.0 Å². The number of halogens is 3. The van der Waals surface area contributed by atoms with Gasteiger partial charge in [-0.2, -0.15) is 18.3 Å². The Bertz CT molecular complexity index is 1420. The van der Waals surface area contributed by atoms with Crippen LogP contribution in [0, 0.1) is 0 Å². The lowest BCUT2D eigenvalue weighted by Gasteiger charge is -2.27. The summed E-state index contributed by atoms with van der Waals surface area (Å²) in [6.45, 7) is 0.203. The lowest BCUT2D eigenvalue weighted by atomic mass is 10.0. The van der Waals surface area contributed by atoms with E-state index in [1.807, 2.05) is 36.4 Å². The van der Waals surface area contributed by atoms with E-state index >= 15 is 0 Å². The normalized spacial score (nSPS) is 14.0. The third-order valence-corrected chi connectivity index (χ3v) is 5.97. The van der Waals surface area contributed by atoms with Crippen molar-refractivity contribution in [3.05, 3.63) is 113 Å². The summed E-state index contributed by atoms with van der Waals surface area (Å²) >= 11 is 0. The summed E-state index contributed by atoms with van der Waals surface area (Å²) in [5.74, 6) is -0.336. The summed E-state index contributed by atoms with van der Waals surface area (Å²) in [5, 5.41) is 8.59. The van der Waals surface area contributed by atoms with Crippen LogP contribution in [0.4, 0.5) is 13.2 Å². The van der Waals surface area contributed by atoms with Crippen LogP contribution in [0.5, 0.6) is 0 Å². The van der Waals surface area contributed by atoms with Crippen molar-refractivity contribution in [1.29, 1.82) is 0 Å². The van der Waals surface area contributed by atoms with Crippen molar-refractivity contribution in [3.63, 3.8) is 0 Å². The van der Waals surface area contributed by atoms with Crippen LogP contribution < -0.4 is 0 Å². The maximum absolute atomic E-state index is 13.8. The first-order valence-corrected chi connectivity index (χ1v) is 11.6. The number of aromatic nitrogens is 3. The van der Waals surface area contributed by atoms with Gasteiger partial charge in [0.2, 0.25) is 0 Å². The van der Waals surface area contributed by atoms with Crippen molar-refractivity contribution in [2.75, 3.05) is 13.1 Å². The Hall–Kier alpha value is -4.47. The second-order valence-corrected chi connectivity index (χ2v) is 8.46. The Labute approximate surface area is 210 Å². The van der Waals surface area contributed by atoms with Gasteiger partial charge in [0.25, 0.3) is 5.91 Å². The fourth-order valence-electron chi connectivity index (χ4n) is 4.14. The number of amides is 1. The number of hydrogen-bond donors (Lipinski definition) is 0. The first kappa shape index (κ1) is 24.2. The standard InChI is InChI=1S/C27H22F3N5O2/c28-27(29,30)23-11-5-4-10-21(23)25(33-37-18-19-7-2-1-3-8-19)17-34-14-12-24-22(26(34)36)16-35(32-24)20-9-6-13-31-15-20/h1-11,13,15-16H,12,14,17-18H2/b33-25-. The van der Waals surface area contributed by atoms with Gasteiger partial charge in [0.15, 0.2) is 0 Å². The number of carbonyl (C=O) groups is 1. The van der Waals surface area contributed by atoms with Crippen LogP contribution in [0.3, 0.4) is 0 Å². The van der Waals surface area contributed by atoms with Gasteiger partial charge in [0.1, 0.15) is 12.3 Å². The lowest BCUT2D eigenvalue weighted by Crippen LogP contribution is -2.41. The van der Waals surface area contributed by atoms with Crippen molar-refractivity contribution < 1.29 is 22.8 Å². The molecule has 37 heavy (non-hydrogen) atoms. The van der Waals surface area contributed by atoms with E-state index in [1.54, 1.807) is 29.3 Å². The Morgan fingerprint density at radius 1 is 1.03 bits per heavy atom. The molecule has 188 valence electrons. The number of benzene rings is 2. The van der Waals surface area contributed by atoms with Crippen LogP contribution in [0.25, 0.3) is 5.69 Å². The van der Waals surface area contributed by atoms with Crippen LogP contribution in [0.2, 0.25) is 0 Å². The molecule has 0 atom stereocenters. The van der Waals surface area contributed by atoms with Gasteiger partial charge in [-0.25, -0.2) is 4.68 Å². The lowest BCUT2D eigenvalue weighted by molar-refractivity contribution is -0.137. The Morgan fingerprint density at radius 3 is 2.57 bits per heavy atom. The number of hydrogen-bond acceptors (Lipinski definition) is 5. The van der Waals surface area contributed by atoms with Gasteiger partial charge in [-0.1, -0.05) is 53.7 Å². The average Bonchev–Trinajstić information content (AvgIpc) is 3.35. The highest BCUT2D eigenvalue weighted by Crippen LogP contribution is 2.32. The first-order chi connectivity index (χ1) is 17.9. The molecule has 0 fully saturated rings. The topological polar surface area (TPSA) is 72.6 Å². The molecule has 0 unspecified atom stereocenters. The van der Waals surface area contributed by atoms with E-state index in [4.69, 9.17) is 4.84 Å². The second-order valence-electron chi connectivity index (χ2n) is 8.46. The van der Waals surface area contributed by atoms with Gasteiger partial charge in [0, 0.05) is 30.9 Å². The summed E-state index contributed by atoms with van der Waals surface area (Å²) in [5.41, 5.74) is 1.58. The molecule has 0 bridgehead atoms. The van der Waals surface area contributed by atoms with E-state index in [0.717, 1.165) is 11.6 Å². The number of fused-ring (bicyclic) bond motifs is 1. The number of nitrogens with zero attached hydrogens (tertiary/aromatic N) is 5. The number of pyridine rings is 1. The monoisotopic (exact) mass is 505 g/mol. The largest absolute Gasteiger partial charge is 0.417 e. The minimum atomic E-state index is -4.60. The molecular formula is C27H22F3N5O2. The summed E-state index contributed by atoms with van der Waals surface area (Å²) in [7, 11) is 0. The van der Waals surface area contributed by atoms with Gasteiger partial charge in [-0.3, -0.25) is 9.78 Å². The predicted octanol–water partition coefficient (Wildman–Crippen LogP) is 4.91. The Balaban J connectivity index is 1.43. The van der Waals surface area contributed by atoms with E-state index in [1.165, 1.54) is 23.1 Å². The molecule has 3 heterocycles. The van der Waals surface area contributed by atoms with Gasteiger partial charge in [0.05, 0.1) is 35.2 Å². The molecule has 0 saturated carbocycles. The molecule has 5 rings (SSSR count).